The Kier molecular flexibility index (Phi) is 9.47. The van der Waals surface area contributed by atoms with Crippen molar-refractivity contribution in [2.24, 2.45) is 0 Å². The van der Waals surface area contributed by atoms with Crippen LogP contribution in [-0.2, 0) is 0 Å². The maximum absolute atomic E-state index is 4.49. The van der Waals surface area contributed by atoms with Gasteiger partial charge in [-0.3, -0.25) is 9.97 Å². The SMILES string of the molecule is c1ccc(-n2c3ccc(-c4cccc(-c5cccc(-c6cccc(-c7cccc(-c8cccc(-c9ccc%10c(c9)c9ccncc9n%10-c9ccccc9)c8)c7)c6)c5)c4)cc3c3ccncc32)cc1. The van der Waals surface area contributed by atoms with E-state index in [0.29, 0.717) is 0 Å². The molecule has 0 fully saturated rings. The summed E-state index contributed by atoms with van der Waals surface area (Å²) >= 11 is 0. The number of hydrogen-bond acceptors (Lipinski definition) is 2. The standard InChI is InChI=1S/C64H42N4/c1-3-22-55(23-4-1)67-61-28-26-53(39-59(61)57-30-32-65-41-63(57)67)51-20-10-18-49(37-51)47-16-8-14-45(35-47)43-12-7-13-44(34-43)46-15-9-17-48(36-46)50-19-11-21-52(38-50)54-27-29-62-60(40-54)58-31-33-66-42-64(58)68(62)56-24-5-2-6-25-56/h1-42H. The van der Waals surface area contributed by atoms with Crippen LogP contribution in [0, 0.1) is 0 Å². The number of hydrogen-bond donors (Lipinski definition) is 0. The van der Waals surface area contributed by atoms with Crippen molar-refractivity contribution in [3.63, 3.8) is 0 Å². The highest BCUT2D eigenvalue weighted by Crippen LogP contribution is 2.39. The molecule has 0 unspecified atom stereocenters. The van der Waals surface area contributed by atoms with Crippen LogP contribution >= 0.6 is 0 Å². The number of para-hydroxylation sites is 2. The molecule has 0 saturated carbocycles. The lowest BCUT2D eigenvalue weighted by Gasteiger charge is -2.11. The number of nitrogens with zero attached hydrogens (tertiary/aromatic N) is 4. The van der Waals surface area contributed by atoms with Crippen LogP contribution < -0.4 is 0 Å². The van der Waals surface area contributed by atoms with Crippen molar-refractivity contribution in [3.05, 3.63) is 255 Å². The number of pyridine rings is 2. The van der Waals surface area contributed by atoms with Gasteiger partial charge in [0.25, 0.3) is 0 Å². The summed E-state index contributed by atoms with van der Waals surface area (Å²) in [4.78, 5) is 8.98. The van der Waals surface area contributed by atoms with Crippen LogP contribution in [0.4, 0.5) is 0 Å². The zero-order chi connectivity index (χ0) is 45.0. The Hall–Kier alpha value is -9.12. The van der Waals surface area contributed by atoms with E-state index in [1.165, 1.54) is 99.3 Å². The van der Waals surface area contributed by atoms with Crippen molar-refractivity contribution in [3.8, 4) is 78.1 Å². The molecule has 0 aliphatic heterocycles. The summed E-state index contributed by atoms with van der Waals surface area (Å²) in [6.07, 6.45) is 7.71. The van der Waals surface area contributed by atoms with Crippen LogP contribution in [0.3, 0.4) is 0 Å². The van der Waals surface area contributed by atoms with Gasteiger partial charge in [0.05, 0.1) is 34.5 Å². The normalized spacial score (nSPS) is 11.5. The van der Waals surface area contributed by atoms with E-state index in [-0.39, 0.29) is 0 Å². The molecule has 0 N–H and O–H groups in total. The fourth-order valence-corrected chi connectivity index (χ4v) is 10.2. The maximum Gasteiger partial charge on any atom is 0.0724 e. The third kappa shape index (κ3) is 6.86. The summed E-state index contributed by atoms with van der Waals surface area (Å²) in [5.74, 6) is 0. The molecule has 4 heteroatoms. The molecular weight excluding hydrogens is 825 g/mol. The Morgan fingerprint density at radius 3 is 0.824 bits per heavy atom. The van der Waals surface area contributed by atoms with Crippen molar-refractivity contribution < 1.29 is 0 Å². The molecule has 4 heterocycles. The lowest BCUT2D eigenvalue weighted by Crippen LogP contribution is -1.93. The third-order valence-electron chi connectivity index (χ3n) is 13.5. The summed E-state index contributed by atoms with van der Waals surface area (Å²) in [6, 6.07) is 83.5. The second kappa shape index (κ2) is 16.4. The average Bonchev–Trinajstić information content (AvgIpc) is 3.94. The molecule has 13 rings (SSSR count). The summed E-state index contributed by atoms with van der Waals surface area (Å²) in [5.41, 5.74) is 21.0. The van der Waals surface area contributed by atoms with Crippen molar-refractivity contribution in [1.29, 1.82) is 0 Å². The molecule has 9 aromatic carbocycles. The quantitative estimate of drug-likeness (QED) is 0.153. The summed E-state index contributed by atoms with van der Waals surface area (Å²) in [6.45, 7) is 0. The van der Waals surface area contributed by atoms with Gasteiger partial charge < -0.3 is 9.13 Å². The first-order chi connectivity index (χ1) is 33.7. The Labute approximate surface area is 394 Å². The van der Waals surface area contributed by atoms with Crippen molar-refractivity contribution in [1.82, 2.24) is 19.1 Å². The monoisotopic (exact) mass is 866 g/mol. The fraction of sp³-hybridized carbons (Fsp3) is 0. The van der Waals surface area contributed by atoms with Crippen molar-refractivity contribution in [2.75, 3.05) is 0 Å². The molecule has 68 heavy (non-hydrogen) atoms. The van der Waals surface area contributed by atoms with Crippen molar-refractivity contribution >= 4 is 43.6 Å². The Morgan fingerprint density at radius 2 is 0.515 bits per heavy atom. The van der Waals surface area contributed by atoms with Gasteiger partial charge in [0.1, 0.15) is 0 Å². The first kappa shape index (κ1) is 39.3. The molecule has 13 aromatic rings. The van der Waals surface area contributed by atoms with E-state index in [9.17, 15) is 0 Å². The van der Waals surface area contributed by atoms with E-state index in [4.69, 9.17) is 0 Å². The number of benzene rings is 9. The van der Waals surface area contributed by atoms with Gasteiger partial charge in [-0.25, -0.2) is 0 Å². The largest absolute Gasteiger partial charge is 0.308 e. The zero-order valence-electron chi connectivity index (χ0n) is 37.0. The highest BCUT2D eigenvalue weighted by atomic mass is 15.0. The number of rotatable bonds is 8. The number of fused-ring (bicyclic) bond motifs is 6. The van der Waals surface area contributed by atoms with Crippen LogP contribution in [-0.4, -0.2) is 19.1 Å². The van der Waals surface area contributed by atoms with Gasteiger partial charge in [-0.05, 0) is 158 Å². The van der Waals surface area contributed by atoms with Gasteiger partial charge in [-0.1, -0.05) is 140 Å². The summed E-state index contributed by atoms with van der Waals surface area (Å²) in [7, 11) is 0. The molecule has 0 aliphatic rings. The molecule has 0 saturated heterocycles. The van der Waals surface area contributed by atoms with Crippen LogP contribution in [0.2, 0.25) is 0 Å². The van der Waals surface area contributed by atoms with Gasteiger partial charge >= 0.3 is 0 Å². The van der Waals surface area contributed by atoms with Gasteiger partial charge in [0.2, 0.25) is 0 Å². The van der Waals surface area contributed by atoms with Crippen LogP contribution in [0.1, 0.15) is 0 Å². The van der Waals surface area contributed by atoms with E-state index >= 15 is 0 Å². The molecule has 4 aromatic heterocycles. The van der Waals surface area contributed by atoms with E-state index < -0.39 is 0 Å². The molecule has 0 radical (unpaired) electrons. The lowest BCUT2D eigenvalue weighted by molar-refractivity contribution is 1.17. The van der Waals surface area contributed by atoms with E-state index in [1.807, 2.05) is 24.8 Å². The minimum absolute atomic E-state index is 1.10. The number of aromatic nitrogens is 4. The van der Waals surface area contributed by atoms with E-state index in [2.05, 4.69) is 250 Å². The molecule has 0 spiro atoms. The van der Waals surface area contributed by atoms with Gasteiger partial charge in [-0.15, -0.1) is 0 Å². The highest BCUT2D eigenvalue weighted by Gasteiger charge is 2.16. The summed E-state index contributed by atoms with van der Waals surface area (Å²) < 4.78 is 4.61. The van der Waals surface area contributed by atoms with Crippen molar-refractivity contribution in [2.45, 2.75) is 0 Å². The maximum atomic E-state index is 4.49. The minimum atomic E-state index is 1.10. The minimum Gasteiger partial charge on any atom is -0.308 e. The van der Waals surface area contributed by atoms with Gasteiger partial charge in [0, 0.05) is 45.3 Å². The van der Waals surface area contributed by atoms with E-state index in [0.717, 1.165) is 22.4 Å². The Bertz CT molecular complexity index is 3770. The molecule has 0 aliphatic carbocycles. The molecular formula is C64H42N4. The predicted octanol–water partition coefficient (Wildman–Crippen LogP) is 16.7. The molecule has 0 atom stereocenters. The second-order valence-corrected chi connectivity index (χ2v) is 17.5. The van der Waals surface area contributed by atoms with Crippen LogP contribution in [0.25, 0.3) is 122 Å². The van der Waals surface area contributed by atoms with Crippen LogP contribution in [0.5, 0.6) is 0 Å². The van der Waals surface area contributed by atoms with E-state index in [1.54, 1.807) is 0 Å². The first-order valence-corrected chi connectivity index (χ1v) is 23.1. The Morgan fingerprint density at radius 1 is 0.221 bits per heavy atom. The fourth-order valence-electron chi connectivity index (χ4n) is 10.2. The lowest BCUT2D eigenvalue weighted by atomic mass is 9.93. The van der Waals surface area contributed by atoms with Gasteiger partial charge in [-0.2, -0.15) is 0 Å². The topological polar surface area (TPSA) is 35.6 Å². The highest BCUT2D eigenvalue weighted by molar-refractivity contribution is 6.11. The molecule has 0 bridgehead atoms. The Balaban J connectivity index is 0.793. The summed E-state index contributed by atoms with van der Waals surface area (Å²) in [5, 5.41) is 4.82. The first-order valence-electron chi connectivity index (χ1n) is 23.1. The predicted molar refractivity (Wildman–Crippen MR) is 283 cm³/mol. The second-order valence-electron chi connectivity index (χ2n) is 17.5. The van der Waals surface area contributed by atoms with Gasteiger partial charge in [0.15, 0.2) is 0 Å². The third-order valence-corrected chi connectivity index (χ3v) is 13.5. The zero-order valence-corrected chi connectivity index (χ0v) is 37.0. The molecule has 4 nitrogen and oxygen atoms in total. The smallest absolute Gasteiger partial charge is 0.0724 e. The van der Waals surface area contributed by atoms with Crippen LogP contribution in [0.15, 0.2) is 255 Å². The molecule has 0 amide bonds. The molecule has 318 valence electrons. The average molecular weight is 867 g/mol.